The molecule has 0 amide bonds. The van der Waals surface area contributed by atoms with Crippen molar-refractivity contribution in [3.63, 3.8) is 0 Å². The molecule has 0 saturated carbocycles. The van der Waals surface area contributed by atoms with E-state index >= 15 is 0 Å². The Bertz CT molecular complexity index is 661. The first-order valence-corrected chi connectivity index (χ1v) is 7.90. The van der Waals surface area contributed by atoms with E-state index in [-0.39, 0.29) is 12.4 Å². The van der Waals surface area contributed by atoms with Gasteiger partial charge in [0.2, 0.25) is 5.78 Å². The van der Waals surface area contributed by atoms with Gasteiger partial charge in [-0.15, -0.1) is 11.3 Å². The third kappa shape index (κ3) is 3.67. The van der Waals surface area contributed by atoms with Crippen LogP contribution >= 0.6 is 33.9 Å². The number of hydrogen-bond donors (Lipinski definition) is 0. The van der Waals surface area contributed by atoms with E-state index < -0.39 is 5.97 Å². The van der Waals surface area contributed by atoms with Gasteiger partial charge in [0, 0.05) is 18.9 Å². The fraction of sp³-hybridized carbons (Fsp3) is 0.200. The third-order valence-corrected chi connectivity index (χ3v) is 4.37. The molecule has 0 aliphatic heterocycles. The molecular weight excluding hydrogens is 387 g/mol. The number of hydrogen-bond acceptors (Lipinski definition) is 4. The van der Waals surface area contributed by atoms with Crippen LogP contribution in [0.1, 0.15) is 30.5 Å². The third-order valence-electron chi connectivity index (χ3n) is 2.74. The van der Waals surface area contributed by atoms with Crippen molar-refractivity contribution >= 4 is 45.7 Å². The molecule has 0 saturated heterocycles. The largest absolute Gasteiger partial charge is 0.454 e. The van der Waals surface area contributed by atoms with Gasteiger partial charge >= 0.3 is 5.97 Å². The first-order valence-electron chi connectivity index (χ1n) is 6.00. The quantitative estimate of drug-likeness (QED) is 0.443. The van der Waals surface area contributed by atoms with Crippen molar-refractivity contribution in [2.75, 3.05) is 6.61 Å². The van der Waals surface area contributed by atoms with Crippen LogP contribution in [0.5, 0.6) is 0 Å². The summed E-state index contributed by atoms with van der Waals surface area (Å²) in [7, 11) is 0. The number of ketones is 1. The van der Waals surface area contributed by atoms with Crippen LogP contribution in [0.25, 0.3) is 0 Å². The van der Waals surface area contributed by atoms with Gasteiger partial charge in [-0.05, 0) is 60.7 Å². The fourth-order valence-electron chi connectivity index (χ4n) is 1.82. The van der Waals surface area contributed by atoms with Gasteiger partial charge in [-0.2, -0.15) is 0 Å². The van der Waals surface area contributed by atoms with E-state index in [0.717, 1.165) is 13.3 Å². The molecule has 0 unspecified atom stereocenters. The molecule has 20 heavy (non-hydrogen) atoms. The van der Waals surface area contributed by atoms with Crippen LogP contribution < -0.4 is 0 Å². The van der Waals surface area contributed by atoms with Crippen LogP contribution in [-0.4, -0.2) is 18.4 Å². The van der Waals surface area contributed by atoms with Gasteiger partial charge in [0.05, 0.1) is 5.56 Å². The number of Topliss-reactive ketones (excluding diaryl/α,β-unsaturated/α-hetero) is 1. The Hall–Kier alpha value is -1.21. The second-order valence-corrected chi connectivity index (χ2v) is 7.04. The predicted molar refractivity (Wildman–Crippen MR) is 87.6 cm³/mol. The minimum absolute atomic E-state index is 0.161. The van der Waals surface area contributed by atoms with E-state index in [2.05, 4.69) is 22.6 Å². The smallest absolute Gasteiger partial charge is 0.338 e. The van der Waals surface area contributed by atoms with Crippen molar-refractivity contribution in [2.24, 2.45) is 0 Å². The van der Waals surface area contributed by atoms with Crippen LogP contribution in [0.4, 0.5) is 0 Å². The Morgan fingerprint density at radius 2 is 2.00 bits per heavy atom. The van der Waals surface area contributed by atoms with E-state index in [9.17, 15) is 9.59 Å². The fourth-order valence-corrected chi connectivity index (χ4v) is 3.30. The summed E-state index contributed by atoms with van der Waals surface area (Å²) in [5.41, 5.74) is 1.10. The molecule has 1 aromatic heterocycles. The zero-order chi connectivity index (χ0) is 14.7. The molecule has 0 N–H and O–H groups in total. The highest BCUT2D eigenvalue weighted by Crippen LogP contribution is 2.21. The molecule has 3 nitrogen and oxygen atoms in total. The number of aryl methyl sites for hydroxylation is 2. The van der Waals surface area contributed by atoms with Gasteiger partial charge in [0.15, 0.2) is 6.61 Å². The number of ether oxygens (including phenoxy) is 1. The first-order chi connectivity index (χ1) is 9.47. The average molecular weight is 400 g/mol. The molecule has 0 bridgehead atoms. The highest BCUT2D eigenvalue weighted by molar-refractivity contribution is 14.1. The van der Waals surface area contributed by atoms with Gasteiger partial charge in [-0.3, -0.25) is 4.79 Å². The molecular formula is C15H13IO3S. The second-order valence-electron chi connectivity index (χ2n) is 4.34. The Balaban J connectivity index is 2.00. The lowest BCUT2D eigenvalue weighted by atomic mass is 10.2. The number of carbonyl (C=O) groups is 2. The monoisotopic (exact) mass is 400 g/mol. The molecule has 0 aliphatic carbocycles. The molecule has 5 heteroatoms. The lowest BCUT2D eigenvalue weighted by Gasteiger charge is -2.04. The number of halogens is 1. The summed E-state index contributed by atoms with van der Waals surface area (Å²) >= 11 is 3.69. The second kappa shape index (κ2) is 6.49. The molecule has 0 atom stereocenters. The number of rotatable bonds is 4. The molecule has 0 aliphatic rings. The van der Waals surface area contributed by atoms with Gasteiger partial charge in [0.25, 0.3) is 0 Å². The summed E-state index contributed by atoms with van der Waals surface area (Å²) in [6, 6.07) is 8.91. The number of thiophene rings is 1. The number of esters is 1. The molecule has 2 rings (SSSR count). The Kier molecular flexibility index (Phi) is 4.93. The minimum atomic E-state index is -0.471. The van der Waals surface area contributed by atoms with Crippen LogP contribution in [0.3, 0.4) is 0 Å². The lowest BCUT2D eigenvalue weighted by Crippen LogP contribution is -2.14. The van der Waals surface area contributed by atoms with E-state index in [1.54, 1.807) is 29.5 Å². The molecule has 1 heterocycles. The van der Waals surface area contributed by atoms with Gasteiger partial charge in [-0.1, -0.05) is 6.07 Å². The number of carbonyl (C=O) groups excluding carboxylic acids is 2. The standard InChI is InChI=1S/C15H13IO3S/c1-9-6-13(10(2)20-9)14(17)8-19-15(18)11-4-3-5-12(16)7-11/h3-7H,8H2,1-2H3. The van der Waals surface area contributed by atoms with Crippen LogP contribution in [-0.2, 0) is 4.74 Å². The lowest BCUT2D eigenvalue weighted by molar-refractivity contribution is 0.0474. The zero-order valence-electron chi connectivity index (χ0n) is 11.1. The normalized spacial score (nSPS) is 10.3. The van der Waals surface area contributed by atoms with Gasteiger partial charge < -0.3 is 4.74 Å². The summed E-state index contributed by atoms with van der Waals surface area (Å²) in [5.74, 6) is -0.632. The molecule has 1 aromatic carbocycles. The predicted octanol–water partition coefficient (Wildman–Crippen LogP) is 4.01. The van der Waals surface area contributed by atoms with E-state index in [1.165, 1.54) is 0 Å². The van der Waals surface area contributed by atoms with Crippen molar-refractivity contribution < 1.29 is 14.3 Å². The molecule has 0 spiro atoms. The Morgan fingerprint density at radius 1 is 1.25 bits per heavy atom. The molecule has 104 valence electrons. The Morgan fingerprint density at radius 3 is 2.60 bits per heavy atom. The highest BCUT2D eigenvalue weighted by atomic mass is 127. The maximum absolute atomic E-state index is 12.0. The van der Waals surface area contributed by atoms with Crippen molar-refractivity contribution in [3.05, 3.63) is 54.8 Å². The number of benzene rings is 1. The summed E-state index contributed by atoms with van der Waals surface area (Å²) in [6.07, 6.45) is 0. The minimum Gasteiger partial charge on any atom is -0.454 e. The maximum Gasteiger partial charge on any atom is 0.338 e. The zero-order valence-corrected chi connectivity index (χ0v) is 14.1. The topological polar surface area (TPSA) is 43.4 Å². The Labute approximate surface area is 135 Å². The van der Waals surface area contributed by atoms with Gasteiger partial charge in [0.1, 0.15) is 0 Å². The van der Waals surface area contributed by atoms with E-state index in [0.29, 0.717) is 11.1 Å². The van der Waals surface area contributed by atoms with Crippen LogP contribution in [0, 0.1) is 17.4 Å². The average Bonchev–Trinajstić information content (AvgIpc) is 2.74. The summed E-state index contributed by atoms with van der Waals surface area (Å²) in [6.45, 7) is 3.62. The summed E-state index contributed by atoms with van der Waals surface area (Å²) in [4.78, 5) is 25.9. The molecule has 2 aromatic rings. The maximum atomic E-state index is 12.0. The van der Waals surface area contributed by atoms with E-state index in [1.807, 2.05) is 26.0 Å². The SMILES string of the molecule is Cc1cc(C(=O)COC(=O)c2cccc(I)c2)c(C)s1. The van der Waals surface area contributed by atoms with E-state index in [4.69, 9.17) is 4.74 Å². The van der Waals surface area contributed by atoms with Crippen molar-refractivity contribution in [3.8, 4) is 0 Å². The highest BCUT2D eigenvalue weighted by Gasteiger charge is 2.15. The summed E-state index contributed by atoms with van der Waals surface area (Å²) in [5, 5.41) is 0. The van der Waals surface area contributed by atoms with Gasteiger partial charge in [-0.25, -0.2) is 4.79 Å². The summed E-state index contributed by atoms with van der Waals surface area (Å²) < 4.78 is 6.03. The van der Waals surface area contributed by atoms with Crippen molar-refractivity contribution in [1.82, 2.24) is 0 Å². The van der Waals surface area contributed by atoms with Crippen molar-refractivity contribution in [2.45, 2.75) is 13.8 Å². The van der Waals surface area contributed by atoms with Crippen LogP contribution in [0.15, 0.2) is 30.3 Å². The van der Waals surface area contributed by atoms with Crippen molar-refractivity contribution in [1.29, 1.82) is 0 Å². The molecule has 0 radical (unpaired) electrons. The first kappa shape index (κ1) is 15.2. The molecule has 0 fully saturated rings. The van der Waals surface area contributed by atoms with Crippen LogP contribution in [0.2, 0.25) is 0 Å².